The molecule has 0 amide bonds. The van der Waals surface area contributed by atoms with E-state index in [4.69, 9.17) is 9.47 Å². The second-order valence-electron chi connectivity index (χ2n) is 8.10. The highest BCUT2D eigenvalue weighted by Crippen LogP contribution is 2.22. The van der Waals surface area contributed by atoms with Crippen LogP contribution in [0.4, 0.5) is 0 Å². The molecular formula is C27H29N3O4. The van der Waals surface area contributed by atoms with E-state index in [0.717, 1.165) is 34.0 Å². The molecule has 34 heavy (non-hydrogen) atoms. The van der Waals surface area contributed by atoms with E-state index < -0.39 is 12.6 Å². The van der Waals surface area contributed by atoms with Crippen molar-refractivity contribution in [2.24, 2.45) is 0 Å². The molecule has 0 aliphatic heterocycles. The summed E-state index contributed by atoms with van der Waals surface area (Å²) < 4.78 is 14.4. The zero-order chi connectivity index (χ0) is 24.8. The van der Waals surface area contributed by atoms with Gasteiger partial charge in [-0.1, -0.05) is 18.2 Å². The van der Waals surface area contributed by atoms with Gasteiger partial charge >= 0.3 is 5.97 Å². The number of aromatic nitrogens is 2. The van der Waals surface area contributed by atoms with Gasteiger partial charge < -0.3 is 18.6 Å². The Kier molecular flexibility index (Phi) is 7.87. The molecule has 0 spiro atoms. The average molecular weight is 460 g/mol. The molecule has 0 unspecified atom stereocenters. The first-order valence-electron chi connectivity index (χ1n) is 11.0. The van der Waals surface area contributed by atoms with Crippen molar-refractivity contribution < 1.29 is 19.1 Å². The molecule has 0 radical (unpaired) electrons. The molecule has 3 rings (SSSR count). The van der Waals surface area contributed by atoms with Crippen LogP contribution in [0.1, 0.15) is 38.7 Å². The molecule has 2 heterocycles. The number of esters is 1. The van der Waals surface area contributed by atoms with Gasteiger partial charge in [-0.25, -0.2) is 4.79 Å². The Hall–Kier alpha value is -3.89. The summed E-state index contributed by atoms with van der Waals surface area (Å²) in [5.41, 5.74) is 5.61. The predicted molar refractivity (Wildman–Crippen MR) is 130 cm³/mol. The molecule has 0 saturated carbocycles. The second kappa shape index (κ2) is 10.8. The third kappa shape index (κ3) is 5.19. The zero-order valence-corrected chi connectivity index (χ0v) is 20.2. The summed E-state index contributed by atoms with van der Waals surface area (Å²) in [7, 11) is 1.64. The zero-order valence-electron chi connectivity index (χ0n) is 20.2. The molecule has 0 fully saturated rings. The SMILES string of the molecule is COCCn1c(C)cc(/C=C(\C#N)C(=O)OCC(=O)c2cc(C)n(-c3ccccc3)c2C)c1C. The maximum Gasteiger partial charge on any atom is 0.349 e. The van der Waals surface area contributed by atoms with E-state index in [1.54, 1.807) is 13.2 Å². The Morgan fingerprint density at radius 3 is 2.38 bits per heavy atom. The maximum absolute atomic E-state index is 12.8. The van der Waals surface area contributed by atoms with E-state index in [-0.39, 0.29) is 11.4 Å². The lowest BCUT2D eigenvalue weighted by molar-refractivity contribution is -0.137. The van der Waals surface area contributed by atoms with E-state index >= 15 is 0 Å². The highest BCUT2D eigenvalue weighted by Gasteiger charge is 2.20. The van der Waals surface area contributed by atoms with E-state index in [1.165, 1.54) is 6.08 Å². The summed E-state index contributed by atoms with van der Waals surface area (Å²) >= 11 is 0. The molecule has 7 heteroatoms. The number of nitriles is 1. The van der Waals surface area contributed by atoms with Crippen molar-refractivity contribution in [3.05, 3.63) is 81.9 Å². The number of carbonyl (C=O) groups excluding carboxylic acids is 2. The van der Waals surface area contributed by atoms with Gasteiger partial charge in [0.2, 0.25) is 5.78 Å². The van der Waals surface area contributed by atoms with Gasteiger partial charge in [0.1, 0.15) is 11.6 Å². The van der Waals surface area contributed by atoms with E-state index in [1.807, 2.05) is 74.7 Å². The van der Waals surface area contributed by atoms with Crippen molar-refractivity contribution in [1.29, 1.82) is 5.26 Å². The fourth-order valence-electron chi connectivity index (χ4n) is 4.10. The van der Waals surface area contributed by atoms with Gasteiger partial charge in [-0.3, -0.25) is 4.79 Å². The first-order valence-corrected chi connectivity index (χ1v) is 11.0. The smallest absolute Gasteiger partial charge is 0.349 e. The topological polar surface area (TPSA) is 86.2 Å². The molecule has 3 aromatic rings. The molecule has 1 aromatic carbocycles. The van der Waals surface area contributed by atoms with Crippen molar-refractivity contribution in [3.63, 3.8) is 0 Å². The molecule has 2 aromatic heterocycles. The maximum atomic E-state index is 12.8. The van der Waals surface area contributed by atoms with Crippen molar-refractivity contribution in [2.75, 3.05) is 20.3 Å². The Morgan fingerprint density at radius 1 is 1.03 bits per heavy atom. The lowest BCUT2D eigenvalue weighted by Crippen LogP contribution is -2.16. The minimum absolute atomic E-state index is 0.158. The summed E-state index contributed by atoms with van der Waals surface area (Å²) in [5.74, 6) is -1.15. The van der Waals surface area contributed by atoms with Crippen molar-refractivity contribution >= 4 is 17.8 Å². The van der Waals surface area contributed by atoms with Gasteiger partial charge in [-0.2, -0.15) is 5.26 Å². The summed E-state index contributed by atoms with van der Waals surface area (Å²) in [4.78, 5) is 25.4. The standard InChI is InChI=1S/C27H29N3O4/c1-18-13-22(20(3)29(18)11-12-33-5)15-23(16-28)27(32)34-17-26(31)25-14-19(2)30(21(25)4)24-9-7-6-8-10-24/h6-10,13-15H,11-12,17H2,1-5H3/b23-15+. The van der Waals surface area contributed by atoms with E-state index in [2.05, 4.69) is 4.57 Å². The number of methoxy groups -OCH3 is 1. The number of ketones is 1. The summed E-state index contributed by atoms with van der Waals surface area (Å²) in [6, 6.07) is 15.3. The number of carbonyl (C=O) groups is 2. The fourth-order valence-corrected chi connectivity index (χ4v) is 4.10. The van der Waals surface area contributed by atoms with Crippen LogP contribution in [0.2, 0.25) is 0 Å². The first kappa shape index (κ1) is 24.7. The monoisotopic (exact) mass is 459 g/mol. The summed E-state index contributed by atoms with van der Waals surface area (Å²) in [5, 5.41) is 9.52. The van der Waals surface area contributed by atoms with Crippen LogP contribution in [0.3, 0.4) is 0 Å². The van der Waals surface area contributed by atoms with E-state index in [0.29, 0.717) is 18.7 Å². The molecule has 0 N–H and O–H groups in total. The molecule has 176 valence electrons. The molecule has 7 nitrogen and oxygen atoms in total. The average Bonchev–Trinajstić information content (AvgIpc) is 3.28. The van der Waals surface area contributed by atoms with Crippen LogP contribution < -0.4 is 0 Å². The molecular weight excluding hydrogens is 430 g/mol. The lowest BCUT2D eigenvalue weighted by Gasteiger charge is -2.09. The van der Waals surface area contributed by atoms with Crippen LogP contribution in [0, 0.1) is 39.0 Å². The minimum Gasteiger partial charge on any atom is -0.453 e. The Labute approximate surface area is 199 Å². The molecule has 0 atom stereocenters. The van der Waals surface area contributed by atoms with Crippen LogP contribution in [0.5, 0.6) is 0 Å². The molecule has 0 aliphatic rings. The first-order chi connectivity index (χ1) is 16.3. The summed E-state index contributed by atoms with van der Waals surface area (Å²) in [6.45, 7) is 8.43. The van der Waals surface area contributed by atoms with Crippen molar-refractivity contribution in [3.8, 4) is 11.8 Å². The van der Waals surface area contributed by atoms with Gasteiger partial charge in [0, 0.05) is 47.7 Å². The quantitative estimate of drug-likeness (QED) is 0.204. The highest BCUT2D eigenvalue weighted by atomic mass is 16.5. The Bertz CT molecular complexity index is 1270. The normalized spacial score (nSPS) is 11.4. The van der Waals surface area contributed by atoms with Gasteiger partial charge in [0.15, 0.2) is 6.61 Å². The van der Waals surface area contributed by atoms with Crippen molar-refractivity contribution in [2.45, 2.75) is 34.2 Å². The summed E-state index contributed by atoms with van der Waals surface area (Å²) in [6.07, 6.45) is 1.50. The third-order valence-electron chi connectivity index (χ3n) is 5.85. The number of ether oxygens (including phenoxy) is 2. The second-order valence-corrected chi connectivity index (χ2v) is 8.10. The minimum atomic E-state index is -0.825. The van der Waals surface area contributed by atoms with Crippen LogP contribution >= 0.6 is 0 Å². The number of aryl methyl sites for hydroxylation is 2. The van der Waals surface area contributed by atoms with Crippen LogP contribution in [-0.2, 0) is 20.8 Å². The lowest BCUT2D eigenvalue weighted by atomic mass is 10.1. The van der Waals surface area contributed by atoms with E-state index in [9.17, 15) is 14.9 Å². The van der Waals surface area contributed by atoms with Crippen LogP contribution in [0.15, 0.2) is 48.0 Å². The fraction of sp³-hybridized carbons (Fsp3) is 0.296. The number of rotatable bonds is 9. The van der Waals surface area contributed by atoms with Gasteiger partial charge in [0.05, 0.1) is 6.61 Å². The Balaban J connectivity index is 1.74. The predicted octanol–water partition coefficient (Wildman–Crippen LogP) is 4.49. The number of nitrogens with zero attached hydrogens (tertiary/aromatic N) is 3. The number of benzene rings is 1. The van der Waals surface area contributed by atoms with Crippen LogP contribution in [-0.4, -0.2) is 41.2 Å². The molecule has 0 bridgehead atoms. The van der Waals surface area contributed by atoms with Gasteiger partial charge in [0.25, 0.3) is 0 Å². The van der Waals surface area contributed by atoms with Crippen molar-refractivity contribution in [1.82, 2.24) is 9.13 Å². The number of hydrogen-bond donors (Lipinski definition) is 0. The number of hydrogen-bond acceptors (Lipinski definition) is 5. The highest BCUT2D eigenvalue weighted by molar-refractivity contribution is 6.02. The van der Waals surface area contributed by atoms with Crippen LogP contribution in [0.25, 0.3) is 11.8 Å². The third-order valence-corrected chi connectivity index (χ3v) is 5.85. The number of Topliss-reactive ketones (excluding diaryl/α,β-unsaturated/α-hetero) is 1. The number of para-hydroxylation sites is 1. The largest absolute Gasteiger partial charge is 0.453 e. The molecule has 0 aliphatic carbocycles. The molecule has 0 saturated heterocycles. The van der Waals surface area contributed by atoms with Gasteiger partial charge in [-0.15, -0.1) is 0 Å². The van der Waals surface area contributed by atoms with Gasteiger partial charge in [-0.05, 0) is 63.6 Å². The Morgan fingerprint density at radius 2 is 1.74 bits per heavy atom.